The smallest absolute Gasteiger partial charge is 0.195 e. The zero-order valence-electron chi connectivity index (χ0n) is 11.7. The molecule has 1 nitrogen and oxygen atoms in total. The van der Waals surface area contributed by atoms with Gasteiger partial charge in [0.05, 0.1) is 7.57 Å². The number of halogens is 2. The van der Waals surface area contributed by atoms with Crippen molar-refractivity contribution in [3.8, 4) is 0 Å². The molecule has 0 amide bonds. The Morgan fingerprint density at radius 3 is 2.25 bits per heavy atom. The molecule has 1 heterocycles. The molecule has 0 spiro atoms. The molecular formula is C16H16Br2OS. The van der Waals surface area contributed by atoms with E-state index in [9.17, 15) is 4.79 Å². The van der Waals surface area contributed by atoms with Gasteiger partial charge in [-0.2, -0.15) is 0 Å². The van der Waals surface area contributed by atoms with Gasteiger partial charge in [-0.15, -0.1) is 11.3 Å². The molecule has 0 aliphatic rings. The van der Waals surface area contributed by atoms with Crippen LogP contribution in [-0.2, 0) is 5.41 Å². The van der Waals surface area contributed by atoms with Crippen molar-refractivity contribution in [2.45, 2.75) is 32.6 Å². The van der Waals surface area contributed by atoms with Crippen LogP contribution in [0.5, 0.6) is 0 Å². The fourth-order valence-electron chi connectivity index (χ4n) is 1.93. The molecule has 20 heavy (non-hydrogen) atoms. The van der Waals surface area contributed by atoms with E-state index < -0.39 is 0 Å². The van der Waals surface area contributed by atoms with E-state index >= 15 is 0 Å². The minimum atomic E-state index is 0.0553. The molecular weight excluding hydrogens is 400 g/mol. The van der Waals surface area contributed by atoms with Crippen LogP contribution in [0.4, 0.5) is 0 Å². The van der Waals surface area contributed by atoms with Gasteiger partial charge in [-0.05, 0) is 55.3 Å². The van der Waals surface area contributed by atoms with Crippen LogP contribution in [0.3, 0.4) is 0 Å². The van der Waals surface area contributed by atoms with Crippen LogP contribution in [0.15, 0.2) is 37.9 Å². The Labute approximate surface area is 140 Å². The average Bonchev–Trinajstić information content (AvgIpc) is 2.77. The maximum Gasteiger partial charge on any atom is 0.195 e. The predicted molar refractivity (Wildman–Crippen MR) is 92.9 cm³/mol. The van der Waals surface area contributed by atoms with Gasteiger partial charge in [0.15, 0.2) is 5.78 Å². The van der Waals surface area contributed by atoms with Gasteiger partial charge in [0.25, 0.3) is 0 Å². The number of carbonyl (C=O) groups is 1. The van der Waals surface area contributed by atoms with Crippen LogP contribution in [0.25, 0.3) is 0 Å². The Balaban J connectivity index is 2.31. The molecule has 0 radical (unpaired) electrons. The number of benzene rings is 1. The van der Waals surface area contributed by atoms with Crippen molar-refractivity contribution in [1.82, 2.24) is 0 Å². The summed E-state index contributed by atoms with van der Waals surface area (Å²) in [5, 5.41) is 0. The van der Waals surface area contributed by atoms with E-state index in [0.717, 1.165) is 19.6 Å². The predicted octanol–water partition coefficient (Wildman–Crippen LogP) is 6.19. The molecule has 2 rings (SSSR count). The molecule has 0 unspecified atom stereocenters. The monoisotopic (exact) mass is 414 g/mol. The number of ketones is 1. The summed E-state index contributed by atoms with van der Waals surface area (Å²) in [5.41, 5.74) is 2.85. The molecule has 1 aromatic carbocycles. The molecule has 4 heteroatoms. The van der Waals surface area contributed by atoms with E-state index in [4.69, 9.17) is 0 Å². The first-order valence-electron chi connectivity index (χ1n) is 6.45. The standard InChI is InChI=1S/C16H16Br2OS/c1-4-16(2,3)11-7-5-10(6-8-11)14(19)12-9-13(17)20-15(12)18/h5-9H,4H2,1-3H3. The maximum atomic E-state index is 12.5. The van der Waals surface area contributed by atoms with Crippen molar-refractivity contribution >= 4 is 49.0 Å². The molecule has 106 valence electrons. The van der Waals surface area contributed by atoms with Gasteiger partial charge in [-0.25, -0.2) is 0 Å². The van der Waals surface area contributed by atoms with Crippen LogP contribution in [0, 0.1) is 0 Å². The fourth-order valence-corrected chi connectivity index (χ4v) is 4.72. The van der Waals surface area contributed by atoms with Gasteiger partial charge in [-0.1, -0.05) is 45.0 Å². The molecule has 0 saturated heterocycles. The third-order valence-electron chi connectivity index (χ3n) is 3.71. The molecule has 0 atom stereocenters. The summed E-state index contributed by atoms with van der Waals surface area (Å²) in [4.78, 5) is 12.5. The topological polar surface area (TPSA) is 17.1 Å². The SMILES string of the molecule is CCC(C)(C)c1ccc(C(=O)c2cc(Br)sc2Br)cc1. The highest BCUT2D eigenvalue weighted by molar-refractivity contribution is 9.12. The summed E-state index contributed by atoms with van der Waals surface area (Å²) >= 11 is 8.36. The minimum absolute atomic E-state index is 0.0553. The van der Waals surface area contributed by atoms with E-state index in [1.807, 2.05) is 18.2 Å². The van der Waals surface area contributed by atoms with Crippen LogP contribution in [-0.4, -0.2) is 5.78 Å². The lowest BCUT2D eigenvalue weighted by atomic mass is 9.82. The van der Waals surface area contributed by atoms with E-state index in [1.165, 1.54) is 16.9 Å². The zero-order valence-corrected chi connectivity index (χ0v) is 15.7. The summed E-state index contributed by atoms with van der Waals surface area (Å²) in [5.74, 6) is 0.0553. The normalized spacial score (nSPS) is 11.7. The lowest BCUT2D eigenvalue weighted by Crippen LogP contribution is -2.15. The molecule has 0 aliphatic carbocycles. The van der Waals surface area contributed by atoms with Crippen LogP contribution in [0.1, 0.15) is 48.7 Å². The van der Waals surface area contributed by atoms with Gasteiger partial charge in [0, 0.05) is 11.1 Å². The van der Waals surface area contributed by atoms with Gasteiger partial charge < -0.3 is 0 Å². The first-order valence-corrected chi connectivity index (χ1v) is 8.85. The van der Waals surface area contributed by atoms with Crippen molar-refractivity contribution in [3.05, 3.63) is 54.6 Å². The minimum Gasteiger partial charge on any atom is -0.289 e. The highest BCUT2D eigenvalue weighted by Gasteiger charge is 2.19. The van der Waals surface area contributed by atoms with Gasteiger partial charge >= 0.3 is 0 Å². The summed E-state index contributed by atoms with van der Waals surface area (Å²) in [7, 11) is 0. The van der Waals surface area contributed by atoms with Crippen LogP contribution < -0.4 is 0 Å². The average molecular weight is 416 g/mol. The summed E-state index contributed by atoms with van der Waals surface area (Å²) in [6.45, 7) is 6.62. The van der Waals surface area contributed by atoms with Crippen molar-refractivity contribution < 1.29 is 4.79 Å². The Bertz CT molecular complexity index is 626. The van der Waals surface area contributed by atoms with Crippen molar-refractivity contribution in [2.24, 2.45) is 0 Å². The van der Waals surface area contributed by atoms with Gasteiger partial charge in [0.1, 0.15) is 0 Å². The third kappa shape index (κ3) is 3.23. The second-order valence-corrected chi connectivity index (χ2v) is 9.13. The zero-order chi connectivity index (χ0) is 14.9. The Morgan fingerprint density at radius 1 is 1.20 bits per heavy atom. The number of hydrogen-bond donors (Lipinski definition) is 0. The number of hydrogen-bond acceptors (Lipinski definition) is 2. The molecule has 0 aliphatic heterocycles. The van der Waals surface area contributed by atoms with E-state index in [0.29, 0.717) is 5.56 Å². The van der Waals surface area contributed by atoms with Crippen LogP contribution >= 0.6 is 43.2 Å². The largest absolute Gasteiger partial charge is 0.289 e. The van der Waals surface area contributed by atoms with E-state index in [2.05, 4.69) is 64.8 Å². The Morgan fingerprint density at radius 2 is 1.80 bits per heavy atom. The molecule has 0 bridgehead atoms. The summed E-state index contributed by atoms with van der Waals surface area (Å²) in [6.07, 6.45) is 1.07. The molecule has 0 fully saturated rings. The quantitative estimate of drug-likeness (QED) is 0.544. The second kappa shape index (κ2) is 6.12. The van der Waals surface area contributed by atoms with Crippen molar-refractivity contribution in [3.63, 3.8) is 0 Å². The van der Waals surface area contributed by atoms with Crippen LogP contribution in [0.2, 0.25) is 0 Å². The molecule has 0 saturated carbocycles. The first-order chi connectivity index (χ1) is 9.35. The number of thiophene rings is 1. The van der Waals surface area contributed by atoms with Gasteiger partial charge in [0.2, 0.25) is 0 Å². The molecule has 0 N–H and O–H groups in total. The van der Waals surface area contributed by atoms with Gasteiger partial charge in [-0.3, -0.25) is 4.79 Å². The highest BCUT2D eigenvalue weighted by Crippen LogP contribution is 2.33. The Hall–Kier alpha value is -0.450. The summed E-state index contributed by atoms with van der Waals surface area (Å²) in [6, 6.07) is 9.83. The van der Waals surface area contributed by atoms with Crippen molar-refractivity contribution in [1.29, 1.82) is 0 Å². The lowest BCUT2D eigenvalue weighted by molar-refractivity contribution is 0.103. The molecule has 2 aromatic rings. The lowest BCUT2D eigenvalue weighted by Gasteiger charge is -2.23. The second-order valence-electron chi connectivity index (χ2n) is 5.38. The first kappa shape index (κ1) is 15.9. The van der Waals surface area contributed by atoms with E-state index in [-0.39, 0.29) is 11.2 Å². The highest BCUT2D eigenvalue weighted by atomic mass is 79.9. The molecule has 1 aromatic heterocycles. The summed E-state index contributed by atoms with van der Waals surface area (Å²) < 4.78 is 1.82. The fraction of sp³-hybridized carbons (Fsp3) is 0.312. The number of rotatable bonds is 4. The maximum absolute atomic E-state index is 12.5. The Kier molecular flexibility index (Phi) is 4.88. The van der Waals surface area contributed by atoms with E-state index in [1.54, 1.807) is 0 Å². The van der Waals surface area contributed by atoms with Crippen molar-refractivity contribution in [2.75, 3.05) is 0 Å². The third-order valence-corrected chi connectivity index (χ3v) is 6.05. The number of carbonyl (C=O) groups excluding carboxylic acids is 1.